The maximum Gasteiger partial charge on any atom is 0.215 e. The number of hydrogen-bond acceptors (Lipinski definition) is 4. The van der Waals surface area contributed by atoms with Crippen molar-refractivity contribution in [2.24, 2.45) is 0 Å². The molecule has 0 bridgehead atoms. The van der Waals surface area contributed by atoms with Crippen LogP contribution >= 0.6 is 23.1 Å². The van der Waals surface area contributed by atoms with Gasteiger partial charge in [0.1, 0.15) is 5.69 Å². The highest BCUT2D eigenvalue weighted by Gasteiger charge is 2.14. The van der Waals surface area contributed by atoms with E-state index in [2.05, 4.69) is 9.59 Å². The van der Waals surface area contributed by atoms with E-state index in [1.54, 1.807) is 29.6 Å². The Morgan fingerprint density at radius 2 is 2.14 bits per heavy atom. The molecule has 0 saturated heterocycles. The van der Waals surface area contributed by atoms with E-state index in [0.717, 1.165) is 11.5 Å². The summed E-state index contributed by atoms with van der Waals surface area (Å²) in [6.45, 7) is 0. The number of ketones is 1. The molecule has 3 nitrogen and oxygen atoms in total. The Bertz CT molecular complexity index is 456. The van der Waals surface area contributed by atoms with Crippen LogP contribution in [0.1, 0.15) is 16.1 Å². The van der Waals surface area contributed by atoms with E-state index in [0.29, 0.717) is 16.3 Å². The van der Waals surface area contributed by atoms with Crippen LogP contribution in [-0.2, 0) is 0 Å². The van der Waals surface area contributed by atoms with Crippen LogP contribution in [0.4, 0.5) is 0 Å². The minimum absolute atomic E-state index is 0.190. The van der Waals surface area contributed by atoms with E-state index in [1.807, 2.05) is 0 Å². The molecule has 0 atom stereocenters. The lowest BCUT2D eigenvalue weighted by Gasteiger charge is -1.98. The van der Waals surface area contributed by atoms with Crippen molar-refractivity contribution < 1.29 is 4.79 Å². The van der Waals surface area contributed by atoms with Gasteiger partial charge in [-0.2, -0.15) is 0 Å². The van der Waals surface area contributed by atoms with E-state index < -0.39 is 0 Å². The van der Waals surface area contributed by atoms with Crippen LogP contribution in [0, 0.1) is 0 Å². The number of halogens is 1. The van der Waals surface area contributed by atoms with Gasteiger partial charge in [0.15, 0.2) is 0 Å². The van der Waals surface area contributed by atoms with Crippen molar-refractivity contribution >= 4 is 28.9 Å². The van der Waals surface area contributed by atoms with Gasteiger partial charge in [0, 0.05) is 10.9 Å². The average molecular weight is 225 g/mol. The number of aromatic nitrogens is 2. The first-order chi connectivity index (χ1) is 6.79. The summed E-state index contributed by atoms with van der Waals surface area (Å²) in [6.07, 6.45) is 0. The highest BCUT2D eigenvalue weighted by Crippen LogP contribution is 2.18. The summed E-state index contributed by atoms with van der Waals surface area (Å²) < 4.78 is 3.63. The Morgan fingerprint density at radius 3 is 2.79 bits per heavy atom. The van der Waals surface area contributed by atoms with Gasteiger partial charge >= 0.3 is 0 Å². The number of rotatable bonds is 2. The Hall–Kier alpha value is -1.26. The molecule has 0 fully saturated rings. The van der Waals surface area contributed by atoms with Gasteiger partial charge in [0.05, 0.1) is 5.02 Å². The smallest absolute Gasteiger partial charge is 0.215 e. The van der Waals surface area contributed by atoms with Gasteiger partial charge in [0.2, 0.25) is 5.78 Å². The normalized spacial score (nSPS) is 10.1. The number of hydrogen-bond donors (Lipinski definition) is 0. The molecule has 0 aliphatic carbocycles. The molecule has 0 N–H and O–H groups in total. The van der Waals surface area contributed by atoms with Crippen LogP contribution in [-0.4, -0.2) is 15.4 Å². The van der Waals surface area contributed by atoms with Crippen molar-refractivity contribution in [3.05, 3.63) is 45.9 Å². The zero-order valence-electron chi connectivity index (χ0n) is 6.98. The molecule has 0 spiro atoms. The van der Waals surface area contributed by atoms with Gasteiger partial charge in [-0.25, -0.2) is 0 Å². The second kappa shape index (κ2) is 3.86. The Morgan fingerprint density at radius 1 is 1.36 bits per heavy atom. The van der Waals surface area contributed by atoms with Crippen molar-refractivity contribution in [1.29, 1.82) is 0 Å². The Balaban J connectivity index is 2.42. The lowest BCUT2D eigenvalue weighted by atomic mass is 10.1. The molecule has 70 valence electrons. The standard InChI is InChI=1S/C9H5ClN2OS/c10-7-4-2-1-3-6(7)9(13)8-5-14-12-11-8/h1-5H. The molecule has 0 unspecified atom stereocenters. The summed E-state index contributed by atoms with van der Waals surface area (Å²) >= 11 is 7.01. The fraction of sp³-hybridized carbons (Fsp3) is 0. The van der Waals surface area contributed by atoms with Crippen molar-refractivity contribution in [3.63, 3.8) is 0 Å². The van der Waals surface area contributed by atoms with Crippen LogP contribution in [0.3, 0.4) is 0 Å². The lowest BCUT2D eigenvalue weighted by Crippen LogP contribution is -2.02. The molecule has 1 heterocycles. The molecule has 0 amide bonds. The van der Waals surface area contributed by atoms with E-state index in [-0.39, 0.29) is 5.78 Å². The topological polar surface area (TPSA) is 42.9 Å². The highest BCUT2D eigenvalue weighted by atomic mass is 35.5. The van der Waals surface area contributed by atoms with E-state index in [9.17, 15) is 4.79 Å². The molecule has 2 rings (SSSR count). The molecule has 0 aliphatic heterocycles. The minimum Gasteiger partial charge on any atom is -0.287 e. The summed E-state index contributed by atoms with van der Waals surface area (Å²) in [5, 5.41) is 5.73. The zero-order valence-corrected chi connectivity index (χ0v) is 8.55. The van der Waals surface area contributed by atoms with E-state index in [4.69, 9.17) is 11.6 Å². The van der Waals surface area contributed by atoms with Crippen LogP contribution in [0.25, 0.3) is 0 Å². The molecule has 0 saturated carbocycles. The summed E-state index contributed by atoms with van der Waals surface area (Å²) in [5.41, 5.74) is 0.796. The summed E-state index contributed by atoms with van der Waals surface area (Å²) in [4.78, 5) is 11.7. The third-order valence-electron chi connectivity index (χ3n) is 1.71. The van der Waals surface area contributed by atoms with Crippen LogP contribution in [0.5, 0.6) is 0 Å². The van der Waals surface area contributed by atoms with Gasteiger partial charge in [-0.1, -0.05) is 28.2 Å². The van der Waals surface area contributed by atoms with E-state index >= 15 is 0 Å². The second-order valence-corrected chi connectivity index (χ2v) is 3.62. The lowest BCUT2D eigenvalue weighted by molar-refractivity contribution is 0.103. The first-order valence-corrected chi connectivity index (χ1v) is 5.07. The SMILES string of the molecule is O=C(c1csnn1)c1ccccc1Cl. The van der Waals surface area contributed by atoms with Crippen molar-refractivity contribution in [3.8, 4) is 0 Å². The van der Waals surface area contributed by atoms with Gasteiger partial charge in [-0.05, 0) is 23.7 Å². The highest BCUT2D eigenvalue weighted by molar-refractivity contribution is 7.03. The molecule has 14 heavy (non-hydrogen) atoms. The fourth-order valence-electron chi connectivity index (χ4n) is 1.05. The third kappa shape index (κ3) is 1.66. The number of carbonyl (C=O) groups is 1. The predicted molar refractivity (Wildman–Crippen MR) is 54.8 cm³/mol. The summed E-state index contributed by atoms with van der Waals surface area (Å²) in [5.74, 6) is -0.190. The largest absolute Gasteiger partial charge is 0.287 e. The molecular weight excluding hydrogens is 220 g/mol. The van der Waals surface area contributed by atoms with Gasteiger partial charge < -0.3 is 0 Å². The van der Waals surface area contributed by atoms with Crippen LogP contribution < -0.4 is 0 Å². The molecule has 1 aromatic carbocycles. The van der Waals surface area contributed by atoms with Gasteiger partial charge in [0.25, 0.3) is 0 Å². The quantitative estimate of drug-likeness (QED) is 0.736. The number of benzene rings is 1. The molecule has 0 aliphatic rings. The minimum atomic E-state index is -0.190. The van der Waals surface area contributed by atoms with Crippen LogP contribution in [0.15, 0.2) is 29.6 Å². The molecule has 5 heteroatoms. The predicted octanol–water partition coefficient (Wildman–Crippen LogP) is 2.42. The maximum atomic E-state index is 11.7. The third-order valence-corrected chi connectivity index (χ3v) is 2.55. The summed E-state index contributed by atoms with van der Waals surface area (Å²) in [7, 11) is 0. The fourth-order valence-corrected chi connectivity index (χ4v) is 1.70. The number of carbonyl (C=O) groups excluding carboxylic acids is 1. The molecular formula is C9H5ClN2OS. The number of nitrogens with zero attached hydrogens (tertiary/aromatic N) is 2. The van der Waals surface area contributed by atoms with Crippen molar-refractivity contribution in [2.75, 3.05) is 0 Å². The average Bonchev–Trinajstić information content (AvgIpc) is 2.70. The molecule has 2 aromatic rings. The first kappa shape index (κ1) is 9.30. The summed E-state index contributed by atoms with van der Waals surface area (Å²) in [6, 6.07) is 6.88. The Labute approximate surface area is 89.5 Å². The molecule has 1 aromatic heterocycles. The van der Waals surface area contributed by atoms with Crippen molar-refractivity contribution in [1.82, 2.24) is 9.59 Å². The molecule has 0 radical (unpaired) electrons. The monoisotopic (exact) mass is 224 g/mol. The van der Waals surface area contributed by atoms with Gasteiger partial charge in [-0.3, -0.25) is 4.79 Å². The van der Waals surface area contributed by atoms with Gasteiger partial charge in [-0.15, -0.1) is 5.10 Å². The van der Waals surface area contributed by atoms with E-state index in [1.165, 1.54) is 0 Å². The second-order valence-electron chi connectivity index (χ2n) is 2.60. The van der Waals surface area contributed by atoms with Crippen molar-refractivity contribution in [2.45, 2.75) is 0 Å². The Kier molecular flexibility index (Phi) is 2.56. The first-order valence-electron chi connectivity index (χ1n) is 3.85. The zero-order chi connectivity index (χ0) is 9.97. The maximum absolute atomic E-state index is 11.7. The van der Waals surface area contributed by atoms with Crippen LogP contribution in [0.2, 0.25) is 5.02 Å².